The number of hydrogen-bond donors (Lipinski definition) is 0. The fourth-order valence-corrected chi connectivity index (χ4v) is 4.02. The van der Waals surface area contributed by atoms with Crippen LogP contribution in [0.1, 0.15) is 20.9 Å². The number of methoxy groups -OCH3 is 2. The van der Waals surface area contributed by atoms with Gasteiger partial charge in [-0.25, -0.2) is 0 Å². The quantitative estimate of drug-likeness (QED) is 0.686. The minimum Gasteiger partial charge on any atom is -0.493 e. The Balaban J connectivity index is 1.62. The number of hydrogen-bond acceptors (Lipinski definition) is 5. The molecule has 0 aliphatic carbocycles. The van der Waals surface area contributed by atoms with Crippen molar-refractivity contribution in [1.29, 1.82) is 0 Å². The van der Waals surface area contributed by atoms with Crippen LogP contribution in [-0.2, 0) is 13.0 Å². The van der Waals surface area contributed by atoms with Gasteiger partial charge in [0.15, 0.2) is 11.5 Å². The fourth-order valence-electron chi connectivity index (χ4n) is 3.33. The summed E-state index contributed by atoms with van der Waals surface area (Å²) in [5, 5.41) is 1.93. The summed E-state index contributed by atoms with van der Waals surface area (Å²) < 4.78 is 10.7. The molecule has 5 nitrogen and oxygen atoms in total. The number of nitrogens with zero attached hydrogens (tertiary/aromatic N) is 2. The minimum absolute atomic E-state index is 0.0900. The number of fused-ring (bicyclic) bond motifs is 1. The topological polar surface area (TPSA) is 51.7 Å². The van der Waals surface area contributed by atoms with Crippen LogP contribution < -0.4 is 9.47 Å². The van der Waals surface area contributed by atoms with Crippen molar-refractivity contribution >= 4 is 17.2 Å². The van der Waals surface area contributed by atoms with Crippen LogP contribution in [0.2, 0.25) is 0 Å². The zero-order valence-corrected chi connectivity index (χ0v) is 16.1. The lowest BCUT2D eigenvalue weighted by atomic mass is 10.00. The first kappa shape index (κ1) is 17.5. The SMILES string of the molecule is COc1ccc(-c2cnc3c(c2)CN(C(=O)c2cccs2)CC3)cc1OC. The molecular weight excluding hydrogens is 360 g/mol. The van der Waals surface area contributed by atoms with Crippen LogP contribution in [0, 0.1) is 0 Å². The predicted octanol–water partition coefficient (Wildman–Crippen LogP) is 4.03. The van der Waals surface area contributed by atoms with Gasteiger partial charge in [0.2, 0.25) is 0 Å². The van der Waals surface area contributed by atoms with Gasteiger partial charge in [0.25, 0.3) is 5.91 Å². The summed E-state index contributed by atoms with van der Waals surface area (Å²) in [6.45, 7) is 1.28. The number of thiophene rings is 1. The number of amides is 1. The van der Waals surface area contributed by atoms with Crippen LogP contribution in [0.5, 0.6) is 11.5 Å². The Kier molecular flexibility index (Phi) is 4.81. The summed E-state index contributed by atoms with van der Waals surface area (Å²) in [6, 6.07) is 11.7. The molecule has 4 rings (SSSR count). The molecule has 0 N–H and O–H groups in total. The van der Waals surface area contributed by atoms with E-state index in [2.05, 4.69) is 11.1 Å². The lowest BCUT2D eigenvalue weighted by Crippen LogP contribution is -2.36. The molecular formula is C21H20N2O3S. The molecule has 0 spiro atoms. The normalized spacial score (nSPS) is 13.2. The van der Waals surface area contributed by atoms with E-state index in [4.69, 9.17) is 9.47 Å². The van der Waals surface area contributed by atoms with E-state index in [9.17, 15) is 4.79 Å². The highest BCUT2D eigenvalue weighted by Gasteiger charge is 2.23. The van der Waals surface area contributed by atoms with Crippen molar-refractivity contribution in [2.75, 3.05) is 20.8 Å². The fraction of sp³-hybridized carbons (Fsp3) is 0.238. The molecule has 0 fully saturated rings. The first-order valence-corrected chi connectivity index (χ1v) is 9.60. The molecule has 0 saturated heterocycles. The molecule has 1 aromatic carbocycles. The third-order valence-corrected chi connectivity index (χ3v) is 5.63. The molecule has 0 atom stereocenters. The Morgan fingerprint density at radius 3 is 2.70 bits per heavy atom. The number of carbonyl (C=O) groups excluding carboxylic acids is 1. The second-order valence-electron chi connectivity index (χ2n) is 6.35. The number of pyridine rings is 1. The lowest BCUT2D eigenvalue weighted by Gasteiger charge is -2.28. The van der Waals surface area contributed by atoms with E-state index in [0.29, 0.717) is 24.6 Å². The van der Waals surface area contributed by atoms with Gasteiger partial charge in [-0.2, -0.15) is 0 Å². The summed E-state index contributed by atoms with van der Waals surface area (Å²) in [5.74, 6) is 1.47. The van der Waals surface area contributed by atoms with Crippen molar-refractivity contribution in [3.8, 4) is 22.6 Å². The minimum atomic E-state index is 0.0900. The van der Waals surface area contributed by atoms with Gasteiger partial charge >= 0.3 is 0 Å². The molecule has 0 unspecified atom stereocenters. The van der Waals surface area contributed by atoms with Gasteiger partial charge in [-0.05, 0) is 40.8 Å². The predicted molar refractivity (Wildman–Crippen MR) is 106 cm³/mol. The Morgan fingerprint density at radius 2 is 1.96 bits per heavy atom. The van der Waals surface area contributed by atoms with Crippen LogP contribution >= 0.6 is 11.3 Å². The van der Waals surface area contributed by atoms with Crippen LogP contribution in [-0.4, -0.2) is 36.6 Å². The van der Waals surface area contributed by atoms with Crippen molar-refractivity contribution in [1.82, 2.24) is 9.88 Å². The number of benzene rings is 1. The Hall–Kier alpha value is -2.86. The maximum absolute atomic E-state index is 12.7. The van der Waals surface area contributed by atoms with E-state index in [1.165, 1.54) is 11.3 Å². The van der Waals surface area contributed by atoms with Crippen LogP contribution in [0.25, 0.3) is 11.1 Å². The monoisotopic (exact) mass is 380 g/mol. The molecule has 1 aliphatic heterocycles. The van der Waals surface area contributed by atoms with Gasteiger partial charge in [-0.1, -0.05) is 12.1 Å². The molecule has 0 bridgehead atoms. The van der Waals surface area contributed by atoms with E-state index in [0.717, 1.165) is 33.7 Å². The van der Waals surface area contributed by atoms with E-state index >= 15 is 0 Å². The van der Waals surface area contributed by atoms with Gasteiger partial charge in [-0.15, -0.1) is 11.3 Å². The number of carbonyl (C=O) groups is 1. The standard InChI is InChI=1S/C21H20N2O3S/c1-25-18-6-5-14(11-19(18)26-2)15-10-16-13-23(8-7-17(16)22-12-15)21(24)20-4-3-9-27-20/h3-6,9-12H,7-8,13H2,1-2H3. The van der Waals surface area contributed by atoms with Crippen molar-refractivity contribution in [3.05, 3.63) is 64.1 Å². The third kappa shape index (κ3) is 3.40. The number of aromatic nitrogens is 1. The first-order valence-electron chi connectivity index (χ1n) is 8.72. The molecule has 0 saturated carbocycles. The second-order valence-corrected chi connectivity index (χ2v) is 7.30. The molecule has 0 radical (unpaired) electrons. The van der Waals surface area contributed by atoms with E-state index in [1.54, 1.807) is 14.2 Å². The zero-order chi connectivity index (χ0) is 18.8. The molecule has 3 heterocycles. The number of rotatable bonds is 4. The highest BCUT2D eigenvalue weighted by molar-refractivity contribution is 7.12. The van der Waals surface area contributed by atoms with E-state index in [1.807, 2.05) is 46.8 Å². The summed E-state index contributed by atoms with van der Waals surface area (Å²) >= 11 is 1.48. The van der Waals surface area contributed by atoms with Crippen molar-refractivity contribution in [2.45, 2.75) is 13.0 Å². The van der Waals surface area contributed by atoms with Crippen molar-refractivity contribution < 1.29 is 14.3 Å². The van der Waals surface area contributed by atoms with Gasteiger partial charge in [0.1, 0.15) is 0 Å². The molecule has 1 amide bonds. The smallest absolute Gasteiger partial charge is 0.264 e. The number of ether oxygens (including phenoxy) is 2. The molecule has 2 aromatic heterocycles. The maximum atomic E-state index is 12.7. The van der Waals surface area contributed by atoms with Crippen LogP contribution in [0.15, 0.2) is 48.0 Å². The summed E-state index contributed by atoms with van der Waals surface area (Å²) in [5.41, 5.74) is 4.16. The molecule has 138 valence electrons. The molecule has 6 heteroatoms. The van der Waals surface area contributed by atoms with Gasteiger partial charge in [0.05, 0.1) is 19.1 Å². The average molecular weight is 380 g/mol. The molecule has 1 aliphatic rings. The Bertz CT molecular complexity index is 970. The second kappa shape index (κ2) is 7.40. The highest BCUT2D eigenvalue weighted by Crippen LogP contribution is 2.33. The Labute approximate surface area is 162 Å². The maximum Gasteiger partial charge on any atom is 0.264 e. The summed E-state index contributed by atoms with van der Waals surface area (Å²) in [6.07, 6.45) is 2.66. The van der Waals surface area contributed by atoms with Crippen molar-refractivity contribution in [3.63, 3.8) is 0 Å². The van der Waals surface area contributed by atoms with E-state index in [-0.39, 0.29) is 5.91 Å². The van der Waals surface area contributed by atoms with Gasteiger partial charge in [-0.3, -0.25) is 9.78 Å². The van der Waals surface area contributed by atoms with Crippen LogP contribution in [0.3, 0.4) is 0 Å². The first-order chi connectivity index (χ1) is 13.2. The van der Waals surface area contributed by atoms with E-state index < -0.39 is 0 Å². The highest BCUT2D eigenvalue weighted by atomic mass is 32.1. The summed E-state index contributed by atoms with van der Waals surface area (Å²) in [7, 11) is 3.25. The van der Waals surface area contributed by atoms with Crippen LogP contribution in [0.4, 0.5) is 0 Å². The largest absolute Gasteiger partial charge is 0.493 e. The molecule has 3 aromatic rings. The summed E-state index contributed by atoms with van der Waals surface area (Å²) in [4.78, 5) is 20.0. The zero-order valence-electron chi connectivity index (χ0n) is 15.3. The Morgan fingerprint density at radius 1 is 1.11 bits per heavy atom. The lowest BCUT2D eigenvalue weighted by molar-refractivity contribution is 0.0738. The molecule has 27 heavy (non-hydrogen) atoms. The third-order valence-electron chi connectivity index (χ3n) is 4.78. The van der Waals surface area contributed by atoms with Crippen molar-refractivity contribution in [2.24, 2.45) is 0 Å². The van der Waals surface area contributed by atoms with Gasteiger partial charge < -0.3 is 14.4 Å². The average Bonchev–Trinajstić information content (AvgIpc) is 3.26. The van der Waals surface area contributed by atoms with Gasteiger partial charge in [0, 0.05) is 37.0 Å².